The third-order valence-corrected chi connectivity index (χ3v) is 2.97. The molecule has 0 unspecified atom stereocenters. The Morgan fingerprint density at radius 3 is 2.50 bits per heavy atom. The fourth-order valence-corrected chi connectivity index (χ4v) is 1.93. The maximum absolute atomic E-state index is 10.1. The number of aldehydes is 1. The van der Waals surface area contributed by atoms with Gasteiger partial charge in [-0.05, 0) is 37.5 Å². The summed E-state index contributed by atoms with van der Waals surface area (Å²) in [6.45, 7) is 2.88. The van der Waals surface area contributed by atoms with Gasteiger partial charge in [0.1, 0.15) is 12.0 Å². The number of ether oxygens (including phenoxy) is 1. The molecular weight excluding hydrogens is 224 g/mol. The summed E-state index contributed by atoms with van der Waals surface area (Å²) in [5, 5.41) is 0. The lowest BCUT2D eigenvalue weighted by molar-refractivity contribution is -0.107. The van der Waals surface area contributed by atoms with Crippen LogP contribution in [0.3, 0.4) is 0 Å². The van der Waals surface area contributed by atoms with E-state index in [0.29, 0.717) is 0 Å². The van der Waals surface area contributed by atoms with E-state index in [1.807, 2.05) is 12.1 Å². The number of hydrogen-bond acceptors (Lipinski definition) is 2. The second kappa shape index (κ2) is 9.69. The fraction of sp³-hybridized carbons (Fsp3) is 0.562. The van der Waals surface area contributed by atoms with E-state index in [1.165, 1.54) is 31.2 Å². The van der Waals surface area contributed by atoms with Crippen molar-refractivity contribution in [2.45, 2.75) is 51.9 Å². The number of aryl methyl sites for hydroxylation is 1. The van der Waals surface area contributed by atoms with Gasteiger partial charge in [0.25, 0.3) is 0 Å². The molecule has 0 aliphatic carbocycles. The topological polar surface area (TPSA) is 26.3 Å². The average Bonchev–Trinajstić information content (AvgIpc) is 2.37. The van der Waals surface area contributed by atoms with Crippen LogP contribution in [-0.4, -0.2) is 12.9 Å². The molecule has 0 amide bonds. The van der Waals surface area contributed by atoms with Crippen LogP contribution in [0.2, 0.25) is 0 Å². The summed E-state index contributed by atoms with van der Waals surface area (Å²) in [6.07, 6.45) is 8.76. The van der Waals surface area contributed by atoms with E-state index in [-0.39, 0.29) is 0 Å². The number of carbonyl (C=O) groups is 1. The largest absolute Gasteiger partial charge is 0.494 e. The highest BCUT2D eigenvalue weighted by molar-refractivity contribution is 5.48. The van der Waals surface area contributed by atoms with E-state index in [2.05, 4.69) is 19.1 Å². The summed E-state index contributed by atoms with van der Waals surface area (Å²) >= 11 is 0. The van der Waals surface area contributed by atoms with Crippen molar-refractivity contribution in [1.29, 1.82) is 0 Å². The zero-order valence-electron chi connectivity index (χ0n) is 11.4. The summed E-state index contributed by atoms with van der Waals surface area (Å²) in [5.41, 5.74) is 1.24. The normalized spacial score (nSPS) is 10.3. The van der Waals surface area contributed by atoms with Crippen LogP contribution < -0.4 is 4.74 Å². The van der Waals surface area contributed by atoms with Crippen LogP contribution in [0.4, 0.5) is 0 Å². The Balaban J connectivity index is 1.94. The molecule has 2 heteroatoms. The van der Waals surface area contributed by atoms with Crippen LogP contribution in [0.25, 0.3) is 0 Å². The molecule has 0 radical (unpaired) electrons. The predicted molar refractivity (Wildman–Crippen MR) is 75.1 cm³/mol. The molecule has 0 bridgehead atoms. The predicted octanol–water partition coefficient (Wildman–Crippen LogP) is 4.30. The molecular formula is C16H24O2. The first-order valence-electron chi connectivity index (χ1n) is 6.96. The monoisotopic (exact) mass is 248 g/mol. The lowest BCUT2D eigenvalue weighted by Crippen LogP contribution is -1.97. The zero-order chi connectivity index (χ0) is 13.1. The van der Waals surface area contributed by atoms with E-state index in [4.69, 9.17) is 4.74 Å². The second-order valence-corrected chi connectivity index (χ2v) is 4.74. The minimum absolute atomic E-state index is 0.719. The molecule has 0 spiro atoms. The van der Waals surface area contributed by atoms with Crippen molar-refractivity contribution in [3.8, 4) is 5.75 Å². The molecule has 0 saturated heterocycles. The Labute approximate surface area is 110 Å². The third-order valence-electron chi connectivity index (χ3n) is 2.97. The molecule has 1 rings (SSSR count). The van der Waals surface area contributed by atoms with Gasteiger partial charge in [-0.3, -0.25) is 0 Å². The molecule has 18 heavy (non-hydrogen) atoms. The Kier molecular flexibility index (Phi) is 7.94. The van der Waals surface area contributed by atoms with E-state index in [0.717, 1.165) is 37.9 Å². The van der Waals surface area contributed by atoms with Crippen LogP contribution in [-0.2, 0) is 4.79 Å². The number of hydrogen-bond donors (Lipinski definition) is 0. The first kappa shape index (κ1) is 14.7. The van der Waals surface area contributed by atoms with E-state index >= 15 is 0 Å². The van der Waals surface area contributed by atoms with Crippen molar-refractivity contribution in [3.63, 3.8) is 0 Å². The van der Waals surface area contributed by atoms with Gasteiger partial charge in [-0.25, -0.2) is 0 Å². The Morgan fingerprint density at radius 1 is 1.06 bits per heavy atom. The lowest BCUT2D eigenvalue weighted by Gasteiger charge is -2.06. The van der Waals surface area contributed by atoms with Crippen LogP contribution in [0.15, 0.2) is 24.3 Å². The average molecular weight is 248 g/mol. The van der Waals surface area contributed by atoms with Crippen molar-refractivity contribution < 1.29 is 9.53 Å². The van der Waals surface area contributed by atoms with Crippen molar-refractivity contribution >= 4 is 6.29 Å². The molecule has 100 valence electrons. The number of rotatable bonds is 10. The minimum atomic E-state index is 0.719. The van der Waals surface area contributed by atoms with Gasteiger partial charge in [0, 0.05) is 6.42 Å². The van der Waals surface area contributed by atoms with Gasteiger partial charge in [-0.1, -0.05) is 37.8 Å². The highest BCUT2D eigenvalue weighted by Crippen LogP contribution is 2.13. The van der Waals surface area contributed by atoms with Gasteiger partial charge >= 0.3 is 0 Å². The lowest BCUT2D eigenvalue weighted by atomic mass is 10.1. The van der Waals surface area contributed by atoms with Gasteiger partial charge in [0.2, 0.25) is 0 Å². The Bertz CT molecular complexity index is 334. The minimum Gasteiger partial charge on any atom is -0.494 e. The standard InChI is InChI=1S/C16H24O2/c1-15-10-9-11-16(14-15)18-13-8-6-4-2-3-5-7-12-17/h9-12,14H,2-8,13H2,1H3. The molecule has 1 aromatic rings. The SMILES string of the molecule is Cc1cccc(OCCCCCCCCC=O)c1. The first-order valence-corrected chi connectivity index (χ1v) is 6.96. The second-order valence-electron chi connectivity index (χ2n) is 4.74. The maximum Gasteiger partial charge on any atom is 0.119 e. The summed E-state index contributed by atoms with van der Waals surface area (Å²) < 4.78 is 5.69. The first-order chi connectivity index (χ1) is 8.83. The van der Waals surface area contributed by atoms with Gasteiger partial charge < -0.3 is 9.53 Å². The number of benzene rings is 1. The summed E-state index contributed by atoms with van der Waals surface area (Å²) in [5.74, 6) is 0.973. The molecule has 0 aliphatic rings. The number of unbranched alkanes of at least 4 members (excludes halogenated alkanes) is 6. The summed E-state index contributed by atoms with van der Waals surface area (Å²) in [7, 11) is 0. The molecule has 2 nitrogen and oxygen atoms in total. The quantitative estimate of drug-likeness (QED) is 0.456. The van der Waals surface area contributed by atoms with Crippen molar-refractivity contribution in [2.24, 2.45) is 0 Å². The third kappa shape index (κ3) is 7.10. The molecule has 0 aromatic heterocycles. The van der Waals surface area contributed by atoms with Gasteiger partial charge in [-0.2, -0.15) is 0 Å². The molecule has 0 saturated carbocycles. The Morgan fingerprint density at radius 2 is 1.78 bits per heavy atom. The molecule has 0 N–H and O–H groups in total. The highest BCUT2D eigenvalue weighted by Gasteiger charge is 1.95. The molecule has 1 aromatic carbocycles. The summed E-state index contributed by atoms with van der Waals surface area (Å²) in [4.78, 5) is 10.1. The maximum atomic E-state index is 10.1. The summed E-state index contributed by atoms with van der Waals surface area (Å²) in [6, 6.07) is 8.18. The number of carbonyl (C=O) groups excluding carboxylic acids is 1. The van der Waals surface area contributed by atoms with Crippen LogP contribution >= 0.6 is 0 Å². The van der Waals surface area contributed by atoms with Crippen LogP contribution in [0.1, 0.15) is 50.5 Å². The van der Waals surface area contributed by atoms with Crippen LogP contribution in [0, 0.1) is 6.92 Å². The smallest absolute Gasteiger partial charge is 0.119 e. The van der Waals surface area contributed by atoms with E-state index in [9.17, 15) is 4.79 Å². The van der Waals surface area contributed by atoms with Crippen molar-refractivity contribution in [2.75, 3.05) is 6.61 Å². The van der Waals surface area contributed by atoms with Gasteiger partial charge in [0.15, 0.2) is 0 Å². The van der Waals surface area contributed by atoms with E-state index < -0.39 is 0 Å². The molecule has 0 heterocycles. The molecule has 0 aliphatic heterocycles. The zero-order valence-corrected chi connectivity index (χ0v) is 11.4. The highest BCUT2D eigenvalue weighted by atomic mass is 16.5. The molecule has 0 atom stereocenters. The van der Waals surface area contributed by atoms with Gasteiger partial charge in [-0.15, -0.1) is 0 Å². The Hall–Kier alpha value is -1.31. The fourth-order valence-electron chi connectivity index (χ4n) is 1.93. The van der Waals surface area contributed by atoms with Gasteiger partial charge in [0.05, 0.1) is 6.61 Å². The van der Waals surface area contributed by atoms with Crippen molar-refractivity contribution in [3.05, 3.63) is 29.8 Å². The van der Waals surface area contributed by atoms with Crippen molar-refractivity contribution in [1.82, 2.24) is 0 Å². The molecule has 0 fully saturated rings. The van der Waals surface area contributed by atoms with E-state index in [1.54, 1.807) is 0 Å². The van der Waals surface area contributed by atoms with Crippen LogP contribution in [0.5, 0.6) is 5.75 Å².